The standard InChI is InChI=1S/C22H20N4O2S/c1-27-18-11-7-16(8-12-18)21-25-24-20(28-21)14-29-22-23-13-19(26(22)17-9-10-17)15-5-3-2-4-6-15/h2-8,11-13,17H,9-10,14H2,1H3. The van der Waals surface area contributed by atoms with Gasteiger partial charge in [-0.2, -0.15) is 0 Å². The molecule has 7 heteroatoms. The number of rotatable bonds is 7. The van der Waals surface area contributed by atoms with E-state index in [1.165, 1.54) is 24.1 Å². The molecule has 0 atom stereocenters. The molecule has 0 unspecified atom stereocenters. The summed E-state index contributed by atoms with van der Waals surface area (Å²) in [5.41, 5.74) is 3.23. The molecule has 2 aromatic heterocycles. The zero-order chi connectivity index (χ0) is 19.6. The summed E-state index contributed by atoms with van der Waals surface area (Å²) in [7, 11) is 1.64. The summed E-state index contributed by atoms with van der Waals surface area (Å²) in [4.78, 5) is 4.68. The quantitative estimate of drug-likeness (QED) is 0.393. The minimum atomic E-state index is 0.513. The van der Waals surface area contributed by atoms with Crippen molar-refractivity contribution in [3.8, 4) is 28.5 Å². The van der Waals surface area contributed by atoms with Gasteiger partial charge in [0.15, 0.2) is 5.16 Å². The van der Waals surface area contributed by atoms with Crippen molar-refractivity contribution < 1.29 is 9.15 Å². The van der Waals surface area contributed by atoms with Crippen LogP contribution in [0.2, 0.25) is 0 Å². The van der Waals surface area contributed by atoms with Crippen molar-refractivity contribution in [3.63, 3.8) is 0 Å². The average molecular weight is 404 g/mol. The van der Waals surface area contributed by atoms with Crippen LogP contribution in [0.5, 0.6) is 5.75 Å². The van der Waals surface area contributed by atoms with Crippen LogP contribution >= 0.6 is 11.8 Å². The third-order valence-corrected chi connectivity index (χ3v) is 5.82. The van der Waals surface area contributed by atoms with Gasteiger partial charge in [-0.1, -0.05) is 42.1 Å². The third kappa shape index (κ3) is 3.78. The van der Waals surface area contributed by atoms with E-state index in [-0.39, 0.29) is 0 Å². The molecule has 6 nitrogen and oxygen atoms in total. The molecule has 0 amide bonds. The van der Waals surface area contributed by atoms with Gasteiger partial charge in [0.25, 0.3) is 0 Å². The highest BCUT2D eigenvalue weighted by atomic mass is 32.2. The van der Waals surface area contributed by atoms with E-state index in [0.29, 0.717) is 23.6 Å². The van der Waals surface area contributed by atoms with Gasteiger partial charge in [-0.3, -0.25) is 0 Å². The molecule has 1 fully saturated rings. The molecule has 2 heterocycles. The number of benzene rings is 2. The van der Waals surface area contributed by atoms with Crippen LogP contribution in [0.4, 0.5) is 0 Å². The van der Waals surface area contributed by atoms with Crippen LogP contribution in [0.1, 0.15) is 24.8 Å². The molecule has 1 saturated carbocycles. The van der Waals surface area contributed by atoms with E-state index in [4.69, 9.17) is 9.15 Å². The Morgan fingerprint density at radius 1 is 1.03 bits per heavy atom. The van der Waals surface area contributed by atoms with Gasteiger partial charge in [0.1, 0.15) is 5.75 Å². The minimum Gasteiger partial charge on any atom is -0.497 e. The van der Waals surface area contributed by atoms with Gasteiger partial charge in [0, 0.05) is 11.6 Å². The number of hydrogen-bond acceptors (Lipinski definition) is 6. The van der Waals surface area contributed by atoms with E-state index in [9.17, 15) is 0 Å². The molecule has 5 rings (SSSR count). The molecule has 1 aliphatic carbocycles. The number of nitrogens with zero attached hydrogens (tertiary/aromatic N) is 4. The first-order chi connectivity index (χ1) is 14.3. The van der Waals surface area contributed by atoms with Gasteiger partial charge in [-0.25, -0.2) is 4.98 Å². The van der Waals surface area contributed by atoms with Gasteiger partial charge < -0.3 is 13.7 Å². The lowest BCUT2D eigenvalue weighted by atomic mass is 10.2. The number of aromatic nitrogens is 4. The number of methoxy groups -OCH3 is 1. The molecular weight excluding hydrogens is 384 g/mol. The summed E-state index contributed by atoms with van der Waals surface area (Å²) in [6, 6.07) is 18.5. The zero-order valence-electron chi connectivity index (χ0n) is 16.0. The Kier molecular flexibility index (Phi) is 4.81. The van der Waals surface area contributed by atoms with Crippen molar-refractivity contribution >= 4 is 11.8 Å². The molecule has 0 saturated heterocycles. The summed E-state index contributed by atoms with van der Waals surface area (Å²) in [5.74, 6) is 2.48. The molecule has 29 heavy (non-hydrogen) atoms. The Balaban J connectivity index is 1.33. The minimum absolute atomic E-state index is 0.513. The predicted octanol–water partition coefficient (Wildman–Crippen LogP) is 5.24. The zero-order valence-corrected chi connectivity index (χ0v) is 16.8. The largest absolute Gasteiger partial charge is 0.497 e. The summed E-state index contributed by atoms with van der Waals surface area (Å²) in [6.45, 7) is 0. The average Bonchev–Trinajstić information content (AvgIpc) is 3.35. The lowest BCUT2D eigenvalue weighted by Crippen LogP contribution is -1.99. The molecule has 4 aromatic rings. The maximum Gasteiger partial charge on any atom is 0.247 e. The number of imidazole rings is 1. The molecule has 0 radical (unpaired) electrons. The molecular formula is C22H20N4O2S. The Labute approximate surface area is 172 Å². The van der Waals surface area contributed by atoms with Crippen molar-refractivity contribution in [1.29, 1.82) is 0 Å². The van der Waals surface area contributed by atoms with E-state index in [1.54, 1.807) is 18.9 Å². The second-order valence-corrected chi connectivity index (χ2v) is 7.85. The van der Waals surface area contributed by atoms with E-state index in [1.807, 2.05) is 36.5 Å². The number of thioether (sulfide) groups is 1. The fourth-order valence-electron chi connectivity index (χ4n) is 3.25. The first-order valence-electron chi connectivity index (χ1n) is 9.54. The molecule has 0 aliphatic heterocycles. The molecule has 146 valence electrons. The number of ether oxygens (including phenoxy) is 1. The monoisotopic (exact) mass is 404 g/mol. The first kappa shape index (κ1) is 18.0. The van der Waals surface area contributed by atoms with Crippen molar-refractivity contribution in [2.24, 2.45) is 0 Å². The molecule has 0 spiro atoms. The molecule has 0 N–H and O–H groups in total. The highest BCUT2D eigenvalue weighted by Crippen LogP contribution is 2.42. The van der Waals surface area contributed by atoms with Gasteiger partial charge >= 0.3 is 0 Å². The van der Waals surface area contributed by atoms with Crippen LogP contribution in [-0.4, -0.2) is 26.9 Å². The highest BCUT2D eigenvalue weighted by molar-refractivity contribution is 7.98. The Morgan fingerprint density at radius 3 is 2.55 bits per heavy atom. The summed E-state index contributed by atoms with van der Waals surface area (Å²) in [5, 5.41) is 9.37. The smallest absolute Gasteiger partial charge is 0.247 e. The van der Waals surface area contributed by atoms with Crippen LogP contribution in [0, 0.1) is 0 Å². The van der Waals surface area contributed by atoms with E-state index >= 15 is 0 Å². The van der Waals surface area contributed by atoms with Crippen LogP contribution in [0.25, 0.3) is 22.7 Å². The summed E-state index contributed by atoms with van der Waals surface area (Å²) < 4.78 is 13.4. The maximum atomic E-state index is 5.85. The second-order valence-electron chi connectivity index (χ2n) is 6.91. The molecule has 2 aromatic carbocycles. The molecule has 1 aliphatic rings. The van der Waals surface area contributed by atoms with E-state index < -0.39 is 0 Å². The van der Waals surface area contributed by atoms with Gasteiger partial charge in [0.05, 0.1) is 24.8 Å². The third-order valence-electron chi connectivity index (χ3n) is 4.87. The summed E-state index contributed by atoms with van der Waals surface area (Å²) in [6.07, 6.45) is 4.37. The highest BCUT2D eigenvalue weighted by Gasteiger charge is 2.29. The Morgan fingerprint density at radius 2 is 1.83 bits per heavy atom. The number of hydrogen-bond donors (Lipinski definition) is 0. The normalized spacial score (nSPS) is 13.6. The fraction of sp³-hybridized carbons (Fsp3) is 0.227. The van der Waals surface area contributed by atoms with Crippen molar-refractivity contribution in [3.05, 3.63) is 66.7 Å². The lowest BCUT2D eigenvalue weighted by molar-refractivity contribution is 0.415. The topological polar surface area (TPSA) is 66.0 Å². The van der Waals surface area contributed by atoms with Crippen LogP contribution < -0.4 is 4.74 Å². The second kappa shape index (κ2) is 7.75. The fourth-order valence-corrected chi connectivity index (χ4v) is 4.13. The van der Waals surface area contributed by atoms with Crippen molar-refractivity contribution in [2.45, 2.75) is 29.8 Å². The lowest BCUT2D eigenvalue weighted by Gasteiger charge is -2.10. The van der Waals surface area contributed by atoms with Gasteiger partial charge in [-0.05, 0) is 42.7 Å². The van der Waals surface area contributed by atoms with Crippen LogP contribution in [-0.2, 0) is 5.75 Å². The maximum absolute atomic E-state index is 5.85. The molecule has 0 bridgehead atoms. The Bertz CT molecular complexity index is 1100. The van der Waals surface area contributed by atoms with Crippen LogP contribution in [0.15, 0.2) is 70.4 Å². The van der Waals surface area contributed by atoms with Crippen molar-refractivity contribution in [1.82, 2.24) is 19.7 Å². The van der Waals surface area contributed by atoms with Gasteiger partial charge in [0.2, 0.25) is 11.8 Å². The van der Waals surface area contributed by atoms with Crippen molar-refractivity contribution in [2.75, 3.05) is 7.11 Å². The van der Waals surface area contributed by atoms with Gasteiger partial charge in [-0.15, -0.1) is 10.2 Å². The Hall–Kier alpha value is -3.06. The summed E-state index contributed by atoms with van der Waals surface area (Å²) >= 11 is 1.63. The van der Waals surface area contributed by atoms with E-state index in [2.05, 4.69) is 44.0 Å². The predicted molar refractivity (Wildman–Crippen MR) is 112 cm³/mol. The SMILES string of the molecule is COc1ccc(-c2nnc(CSc3ncc(-c4ccccc4)n3C3CC3)o2)cc1. The first-order valence-corrected chi connectivity index (χ1v) is 10.5. The van der Waals surface area contributed by atoms with E-state index in [0.717, 1.165) is 16.5 Å². The van der Waals surface area contributed by atoms with Crippen LogP contribution in [0.3, 0.4) is 0 Å².